The van der Waals surface area contributed by atoms with Crippen molar-refractivity contribution in [3.63, 3.8) is 0 Å². The zero-order chi connectivity index (χ0) is 25.3. The number of carbonyl (C=O) groups is 4. The maximum Gasteiger partial charge on any atom is 0.326 e. The molecule has 0 bridgehead atoms. The van der Waals surface area contributed by atoms with Crippen molar-refractivity contribution in [2.45, 2.75) is 70.1 Å². The molecule has 0 spiro atoms. The molecule has 1 saturated heterocycles. The van der Waals surface area contributed by atoms with Gasteiger partial charge in [-0.15, -0.1) is 0 Å². The summed E-state index contributed by atoms with van der Waals surface area (Å²) in [7, 11) is 0. The fourth-order valence-electron chi connectivity index (χ4n) is 3.93. The molecular formula is C22H36N6O5S. The van der Waals surface area contributed by atoms with E-state index in [1.165, 1.54) is 11.2 Å². The number of nitrogens with one attached hydrogen (secondary N) is 3. The first-order chi connectivity index (χ1) is 16.1. The number of carboxylic acid groups (broad SMARTS) is 1. The molecule has 34 heavy (non-hydrogen) atoms. The number of H-pyrrole nitrogens is 1. The first-order valence-electron chi connectivity index (χ1n) is 11.5. The molecule has 1 fully saturated rings. The number of amides is 3. The van der Waals surface area contributed by atoms with Crippen LogP contribution in [0.1, 0.15) is 45.2 Å². The van der Waals surface area contributed by atoms with Gasteiger partial charge in [0.2, 0.25) is 17.7 Å². The average Bonchev–Trinajstić information content (AvgIpc) is 3.47. The second-order valence-electron chi connectivity index (χ2n) is 8.95. The van der Waals surface area contributed by atoms with E-state index < -0.39 is 47.9 Å². The Bertz CT molecular complexity index is 834. The van der Waals surface area contributed by atoms with E-state index in [4.69, 9.17) is 5.73 Å². The number of aromatic amines is 1. The summed E-state index contributed by atoms with van der Waals surface area (Å²) < 4.78 is 0. The van der Waals surface area contributed by atoms with Crippen molar-refractivity contribution in [3.05, 3.63) is 18.2 Å². The lowest BCUT2D eigenvalue weighted by atomic mass is 10.0. The fourth-order valence-corrected chi connectivity index (χ4v) is 4.42. The lowest BCUT2D eigenvalue weighted by Gasteiger charge is -2.29. The molecule has 1 aliphatic rings. The Labute approximate surface area is 204 Å². The van der Waals surface area contributed by atoms with E-state index in [0.717, 1.165) is 5.75 Å². The maximum atomic E-state index is 13.3. The predicted octanol–water partition coefficient (Wildman–Crippen LogP) is 0.124. The molecule has 2 heterocycles. The van der Waals surface area contributed by atoms with Crippen molar-refractivity contribution in [2.24, 2.45) is 11.7 Å². The second kappa shape index (κ2) is 13.3. The van der Waals surface area contributed by atoms with Crippen molar-refractivity contribution in [1.29, 1.82) is 0 Å². The van der Waals surface area contributed by atoms with Crippen LogP contribution in [0.3, 0.4) is 0 Å². The minimum absolute atomic E-state index is 0.0928. The molecule has 4 unspecified atom stereocenters. The van der Waals surface area contributed by atoms with Gasteiger partial charge in [-0.2, -0.15) is 11.8 Å². The summed E-state index contributed by atoms with van der Waals surface area (Å²) in [6.07, 6.45) is 6.83. The highest BCUT2D eigenvalue weighted by molar-refractivity contribution is 7.98. The molecule has 1 aliphatic heterocycles. The number of hydrogen-bond donors (Lipinski definition) is 5. The van der Waals surface area contributed by atoms with Crippen LogP contribution in [-0.4, -0.2) is 86.4 Å². The third-order valence-corrected chi connectivity index (χ3v) is 6.37. The van der Waals surface area contributed by atoms with Gasteiger partial charge < -0.3 is 31.4 Å². The third-order valence-electron chi connectivity index (χ3n) is 5.72. The minimum Gasteiger partial charge on any atom is -0.480 e. The van der Waals surface area contributed by atoms with Crippen LogP contribution < -0.4 is 16.4 Å². The quantitative estimate of drug-likeness (QED) is 0.256. The zero-order valence-electron chi connectivity index (χ0n) is 20.0. The number of carbonyl (C=O) groups excluding carboxylic acids is 3. The van der Waals surface area contributed by atoms with Crippen LogP contribution in [0, 0.1) is 5.92 Å². The number of thioether (sulfide) groups is 1. The number of hydrogen-bond acceptors (Lipinski definition) is 7. The average molecular weight is 497 g/mol. The Morgan fingerprint density at radius 3 is 2.56 bits per heavy atom. The first kappa shape index (κ1) is 27.6. The highest BCUT2D eigenvalue weighted by Crippen LogP contribution is 2.19. The van der Waals surface area contributed by atoms with Crippen molar-refractivity contribution in [1.82, 2.24) is 25.5 Å². The van der Waals surface area contributed by atoms with Gasteiger partial charge in [0.15, 0.2) is 0 Å². The summed E-state index contributed by atoms with van der Waals surface area (Å²) in [6.45, 7) is 4.16. The number of imidazole rings is 1. The minimum atomic E-state index is -1.07. The van der Waals surface area contributed by atoms with E-state index in [0.29, 0.717) is 37.9 Å². The van der Waals surface area contributed by atoms with Gasteiger partial charge in [0.1, 0.15) is 18.1 Å². The fraction of sp³-hybridized carbons (Fsp3) is 0.682. The molecule has 0 saturated carbocycles. The monoisotopic (exact) mass is 496 g/mol. The lowest BCUT2D eigenvalue weighted by Crippen LogP contribution is -2.58. The van der Waals surface area contributed by atoms with Gasteiger partial charge >= 0.3 is 5.97 Å². The van der Waals surface area contributed by atoms with Crippen LogP contribution in [0.25, 0.3) is 0 Å². The number of nitrogens with two attached hydrogens (primary N) is 1. The molecule has 4 atom stereocenters. The zero-order valence-corrected chi connectivity index (χ0v) is 20.8. The van der Waals surface area contributed by atoms with Crippen LogP contribution in [-0.2, 0) is 25.6 Å². The molecule has 12 heteroatoms. The van der Waals surface area contributed by atoms with Crippen LogP contribution in [0.4, 0.5) is 0 Å². The molecule has 0 aliphatic carbocycles. The Hall–Kier alpha value is -2.60. The number of aliphatic carboxylic acids is 1. The van der Waals surface area contributed by atoms with Crippen molar-refractivity contribution >= 4 is 35.5 Å². The number of nitrogens with zero attached hydrogens (tertiary/aromatic N) is 2. The summed E-state index contributed by atoms with van der Waals surface area (Å²) in [5, 5.41) is 15.0. The Morgan fingerprint density at radius 1 is 1.26 bits per heavy atom. The summed E-state index contributed by atoms with van der Waals surface area (Å²) in [5.41, 5.74) is 6.58. The van der Waals surface area contributed by atoms with Gasteiger partial charge in [-0.1, -0.05) is 13.8 Å². The van der Waals surface area contributed by atoms with Gasteiger partial charge in [-0.05, 0) is 43.6 Å². The molecule has 1 aromatic rings. The van der Waals surface area contributed by atoms with Gasteiger partial charge in [-0.3, -0.25) is 14.4 Å². The SMILES string of the molecule is CSCCC(N)C(=O)NC(CC(C)C)C(=O)NC(Cc1cnc[nH]1)C(=O)N1CCCC1C(=O)O. The topological polar surface area (TPSA) is 171 Å². The molecule has 190 valence electrons. The molecule has 3 amide bonds. The van der Waals surface area contributed by atoms with E-state index in [1.54, 1.807) is 18.0 Å². The number of aromatic nitrogens is 2. The van der Waals surface area contributed by atoms with Crippen molar-refractivity contribution < 1.29 is 24.3 Å². The Morgan fingerprint density at radius 2 is 1.97 bits per heavy atom. The highest BCUT2D eigenvalue weighted by Gasteiger charge is 2.38. The summed E-state index contributed by atoms with van der Waals surface area (Å²) in [6, 6.07) is -3.55. The largest absolute Gasteiger partial charge is 0.480 e. The molecule has 0 aromatic carbocycles. The van der Waals surface area contributed by atoms with E-state index in [-0.39, 0.29) is 12.3 Å². The lowest BCUT2D eigenvalue weighted by molar-refractivity contribution is -0.149. The summed E-state index contributed by atoms with van der Waals surface area (Å²) >= 11 is 1.58. The highest BCUT2D eigenvalue weighted by atomic mass is 32.2. The standard InChI is InChI=1S/C22H36N6O5S/c1-13(2)9-16(26-19(29)15(23)6-8-34-3)20(30)27-17(10-14-11-24-12-25-14)21(31)28-7-4-5-18(28)22(32)33/h11-13,15-18H,4-10,23H2,1-3H3,(H,24,25)(H,26,29)(H,27,30)(H,32,33). The summed E-state index contributed by atoms with van der Waals surface area (Å²) in [4.78, 5) is 58.9. The van der Waals surface area contributed by atoms with E-state index >= 15 is 0 Å². The molecule has 0 radical (unpaired) electrons. The van der Waals surface area contributed by atoms with Gasteiger partial charge in [-0.25, -0.2) is 9.78 Å². The normalized spacial score (nSPS) is 18.4. The molecular weight excluding hydrogens is 460 g/mol. The molecule has 11 nitrogen and oxygen atoms in total. The van der Waals surface area contributed by atoms with Crippen molar-refractivity contribution in [3.8, 4) is 0 Å². The predicted molar refractivity (Wildman–Crippen MR) is 129 cm³/mol. The summed E-state index contributed by atoms with van der Waals surface area (Å²) in [5.74, 6) is -1.66. The van der Waals surface area contributed by atoms with E-state index in [2.05, 4.69) is 20.6 Å². The smallest absolute Gasteiger partial charge is 0.326 e. The first-order valence-corrected chi connectivity index (χ1v) is 12.9. The van der Waals surface area contributed by atoms with Crippen LogP contribution >= 0.6 is 11.8 Å². The molecule has 1 aromatic heterocycles. The number of likely N-dealkylation sites (tertiary alicyclic amines) is 1. The number of rotatable bonds is 13. The van der Waals surface area contributed by atoms with E-state index in [1.807, 2.05) is 20.1 Å². The van der Waals surface area contributed by atoms with Gasteiger partial charge in [0.05, 0.1) is 12.4 Å². The molecule has 2 rings (SSSR count). The van der Waals surface area contributed by atoms with Crippen LogP contribution in [0.2, 0.25) is 0 Å². The van der Waals surface area contributed by atoms with Gasteiger partial charge in [0.25, 0.3) is 0 Å². The Kier molecular flexibility index (Phi) is 10.8. The number of carboxylic acids is 1. The van der Waals surface area contributed by atoms with Crippen LogP contribution in [0.15, 0.2) is 12.5 Å². The maximum absolute atomic E-state index is 13.3. The Balaban J connectivity index is 2.18. The third kappa shape index (κ3) is 8.01. The van der Waals surface area contributed by atoms with Crippen molar-refractivity contribution in [2.75, 3.05) is 18.6 Å². The molecule has 6 N–H and O–H groups in total. The second-order valence-corrected chi connectivity index (χ2v) is 9.93. The van der Waals surface area contributed by atoms with E-state index in [9.17, 15) is 24.3 Å². The van der Waals surface area contributed by atoms with Gasteiger partial charge in [0, 0.05) is 24.9 Å². The van der Waals surface area contributed by atoms with Crippen LogP contribution in [0.5, 0.6) is 0 Å².